The van der Waals surface area contributed by atoms with Gasteiger partial charge in [-0.15, -0.1) is 0 Å². The number of rotatable bonds is 5. The van der Waals surface area contributed by atoms with E-state index in [4.69, 9.17) is 4.74 Å². The van der Waals surface area contributed by atoms with Gasteiger partial charge in [0.1, 0.15) is 6.17 Å². The average molecular weight is 258 g/mol. The van der Waals surface area contributed by atoms with Gasteiger partial charge in [-0.2, -0.15) is 0 Å². The lowest BCUT2D eigenvalue weighted by molar-refractivity contribution is 0.0472. The van der Waals surface area contributed by atoms with E-state index in [-0.39, 0.29) is 13.0 Å². The molecule has 0 fully saturated rings. The number of alkyl halides is 1. The van der Waals surface area contributed by atoms with E-state index in [1.807, 2.05) is 12.1 Å². The predicted octanol–water partition coefficient (Wildman–Crippen LogP) is 3.94. The van der Waals surface area contributed by atoms with Crippen molar-refractivity contribution in [2.45, 2.75) is 12.6 Å². The first-order valence-corrected chi connectivity index (χ1v) is 6.18. The Morgan fingerprint density at radius 1 is 1.00 bits per heavy atom. The zero-order valence-electron chi connectivity index (χ0n) is 10.5. The van der Waals surface area contributed by atoms with Crippen LogP contribution in [0.5, 0.6) is 0 Å². The van der Waals surface area contributed by atoms with Crippen molar-refractivity contribution in [3.8, 4) is 0 Å². The minimum atomic E-state index is -1.11. The second kappa shape index (κ2) is 6.69. The molecule has 0 heterocycles. The maximum atomic E-state index is 13.8. The van der Waals surface area contributed by atoms with Crippen LogP contribution in [0.4, 0.5) is 4.39 Å². The number of esters is 1. The Balaban J connectivity index is 1.79. The lowest BCUT2D eigenvalue weighted by Gasteiger charge is -2.09. The standard InChI is InChI=1S/C16H15FO2/c17-15(13-7-3-1-4-8-13)11-12-19-16(18)14-9-5-2-6-10-14/h1-10,15H,11-12H2. The molecule has 0 aromatic heterocycles. The largest absolute Gasteiger partial charge is 0.462 e. The van der Waals surface area contributed by atoms with Gasteiger partial charge < -0.3 is 4.74 Å². The van der Waals surface area contributed by atoms with Gasteiger partial charge in [0.25, 0.3) is 0 Å². The molecule has 2 nitrogen and oxygen atoms in total. The summed E-state index contributed by atoms with van der Waals surface area (Å²) in [4.78, 5) is 11.6. The number of benzene rings is 2. The molecule has 0 saturated carbocycles. The third-order valence-corrected chi connectivity index (χ3v) is 2.78. The zero-order chi connectivity index (χ0) is 13.5. The van der Waals surface area contributed by atoms with Gasteiger partial charge in [0, 0.05) is 6.42 Å². The number of hydrogen-bond donors (Lipinski definition) is 0. The molecule has 0 spiro atoms. The summed E-state index contributed by atoms with van der Waals surface area (Å²) in [6, 6.07) is 17.6. The van der Waals surface area contributed by atoms with Crippen LogP contribution in [0.2, 0.25) is 0 Å². The van der Waals surface area contributed by atoms with Crippen LogP contribution < -0.4 is 0 Å². The highest BCUT2D eigenvalue weighted by molar-refractivity contribution is 5.89. The van der Waals surface area contributed by atoms with Crippen molar-refractivity contribution in [1.29, 1.82) is 0 Å². The van der Waals surface area contributed by atoms with Crippen molar-refractivity contribution < 1.29 is 13.9 Å². The fourth-order valence-electron chi connectivity index (χ4n) is 1.74. The minimum absolute atomic E-state index is 0.0732. The maximum absolute atomic E-state index is 13.8. The third-order valence-electron chi connectivity index (χ3n) is 2.78. The lowest BCUT2D eigenvalue weighted by Crippen LogP contribution is -2.08. The van der Waals surface area contributed by atoms with Crippen LogP contribution in [0.15, 0.2) is 60.7 Å². The van der Waals surface area contributed by atoms with Crippen LogP contribution in [-0.4, -0.2) is 12.6 Å². The Kier molecular flexibility index (Phi) is 4.67. The molecule has 0 saturated heterocycles. The van der Waals surface area contributed by atoms with Crippen molar-refractivity contribution in [2.24, 2.45) is 0 Å². The van der Waals surface area contributed by atoms with Crippen molar-refractivity contribution in [3.63, 3.8) is 0 Å². The van der Waals surface area contributed by atoms with E-state index < -0.39 is 12.1 Å². The quantitative estimate of drug-likeness (QED) is 0.759. The Morgan fingerprint density at radius 2 is 1.58 bits per heavy atom. The molecule has 0 aliphatic rings. The molecule has 1 atom stereocenters. The first-order chi connectivity index (χ1) is 9.27. The molecule has 0 bridgehead atoms. The van der Waals surface area contributed by atoms with Gasteiger partial charge in [-0.05, 0) is 17.7 Å². The van der Waals surface area contributed by atoms with Crippen LogP contribution in [0.25, 0.3) is 0 Å². The highest BCUT2D eigenvalue weighted by Gasteiger charge is 2.11. The summed E-state index contributed by atoms with van der Waals surface area (Å²) >= 11 is 0. The van der Waals surface area contributed by atoms with Crippen molar-refractivity contribution in [1.82, 2.24) is 0 Å². The molecule has 0 aliphatic carbocycles. The highest BCUT2D eigenvalue weighted by atomic mass is 19.1. The van der Waals surface area contributed by atoms with E-state index in [1.165, 1.54) is 0 Å². The monoisotopic (exact) mass is 258 g/mol. The summed E-state index contributed by atoms with van der Waals surface area (Å²) in [6.07, 6.45) is -0.937. The topological polar surface area (TPSA) is 26.3 Å². The predicted molar refractivity (Wildman–Crippen MR) is 71.6 cm³/mol. The third kappa shape index (κ3) is 3.91. The molecule has 2 aromatic carbocycles. The molecule has 98 valence electrons. The summed E-state index contributed by atoms with van der Waals surface area (Å²) in [5.74, 6) is -0.416. The molecule has 0 N–H and O–H groups in total. The number of ether oxygens (including phenoxy) is 1. The van der Waals surface area contributed by atoms with E-state index in [9.17, 15) is 9.18 Å². The molecular weight excluding hydrogens is 243 g/mol. The van der Waals surface area contributed by atoms with Crippen LogP contribution in [0, 0.1) is 0 Å². The molecule has 19 heavy (non-hydrogen) atoms. The molecular formula is C16H15FO2. The summed E-state index contributed by atoms with van der Waals surface area (Å²) in [6.45, 7) is 0.0732. The molecule has 0 radical (unpaired) electrons. The number of hydrogen-bond acceptors (Lipinski definition) is 2. The van der Waals surface area contributed by atoms with E-state index in [0.29, 0.717) is 11.1 Å². The average Bonchev–Trinajstić information content (AvgIpc) is 2.49. The van der Waals surface area contributed by atoms with Crippen molar-refractivity contribution in [3.05, 3.63) is 71.8 Å². The summed E-state index contributed by atoms with van der Waals surface area (Å²) < 4.78 is 18.8. The van der Waals surface area contributed by atoms with Gasteiger partial charge in [0.05, 0.1) is 12.2 Å². The molecule has 2 rings (SSSR count). The fourth-order valence-corrected chi connectivity index (χ4v) is 1.74. The van der Waals surface area contributed by atoms with Crippen molar-refractivity contribution in [2.75, 3.05) is 6.61 Å². The fraction of sp³-hybridized carbons (Fsp3) is 0.188. The first-order valence-electron chi connectivity index (χ1n) is 6.18. The normalized spacial score (nSPS) is 11.8. The van der Waals surface area contributed by atoms with Gasteiger partial charge >= 0.3 is 5.97 Å². The second-order valence-electron chi connectivity index (χ2n) is 4.17. The zero-order valence-corrected chi connectivity index (χ0v) is 10.5. The SMILES string of the molecule is O=C(OCCC(F)c1ccccc1)c1ccccc1. The van der Waals surface area contributed by atoms with Crippen LogP contribution >= 0.6 is 0 Å². The Morgan fingerprint density at radius 3 is 2.21 bits per heavy atom. The lowest BCUT2D eigenvalue weighted by atomic mass is 10.1. The van der Waals surface area contributed by atoms with Gasteiger partial charge in [-0.25, -0.2) is 9.18 Å². The molecule has 3 heteroatoms. The summed E-state index contributed by atoms with van der Waals surface area (Å²) in [7, 11) is 0. The highest BCUT2D eigenvalue weighted by Crippen LogP contribution is 2.20. The van der Waals surface area contributed by atoms with Crippen LogP contribution in [0.1, 0.15) is 28.5 Å². The molecule has 0 amide bonds. The van der Waals surface area contributed by atoms with E-state index in [2.05, 4.69) is 0 Å². The molecule has 0 aliphatic heterocycles. The van der Waals surface area contributed by atoms with Crippen molar-refractivity contribution >= 4 is 5.97 Å². The minimum Gasteiger partial charge on any atom is -0.462 e. The maximum Gasteiger partial charge on any atom is 0.338 e. The molecule has 1 unspecified atom stereocenters. The number of halogens is 1. The summed E-state index contributed by atoms with van der Waals surface area (Å²) in [5.41, 5.74) is 1.09. The van der Waals surface area contributed by atoms with Crippen LogP contribution in [-0.2, 0) is 4.74 Å². The smallest absolute Gasteiger partial charge is 0.338 e. The Labute approximate surface area is 111 Å². The Bertz CT molecular complexity index is 511. The first kappa shape index (κ1) is 13.3. The van der Waals surface area contributed by atoms with Gasteiger partial charge in [0.2, 0.25) is 0 Å². The Hall–Kier alpha value is -2.16. The number of carbonyl (C=O) groups excluding carboxylic acids is 1. The van der Waals surface area contributed by atoms with Gasteiger partial charge in [0.15, 0.2) is 0 Å². The molecule has 2 aromatic rings. The van der Waals surface area contributed by atoms with E-state index in [1.54, 1.807) is 48.5 Å². The van der Waals surface area contributed by atoms with E-state index in [0.717, 1.165) is 0 Å². The summed E-state index contributed by atoms with van der Waals surface area (Å²) in [5, 5.41) is 0. The number of carbonyl (C=O) groups is 1. The second-order valence-corrected chi connectivity index (χ2v) is 4.17. The van der Waals surface area contributed by atoms with Crippen LogP contribution in [0.3, 0.4) is 0 Å². The van der Waals surface area contributed by atoms with Gasteiger partial charge in [-0.1, -0.05) is 48.5 Å². The van der Waals surface area contributed by atoms with Gasteiger partial charge in [-0.3, -0.25) is 0 Å². The van der Waals surface area contributed by atoms with E-state index >= 15 is 0 Å².